The number of aromatic nitrogens is 2. The third kappa shape index (κ3) is 2.74. The molecule has 1 aromatic carbocycles. The van der Waals surface area contributed by atoms with Crippen molar-refractivity contribution in [2.45, 2.75) is 6.54 Å². The second kappa shape index (κ2) is 5.64. The number of methoxy groups -OCH3 is 1. The fraction of sp³-hybridized carbons (Fsp3) is 0.154. The van der Waals surface area contributed by atoms with Gasteiger partial charge in [-0.15, -0.1) is 0 Å². The summed E-state index contributed by atoms with van der Waals surface area (Å²) in [6, 6.07) is 11.2. The van der Waals surface area contributed by atoms with Gasteiger partial charge in [-0.3, -0.25) is 0 Å². The quantitative estimate of drug-likeness (QED) is 0.884. The number of nitrogens with zero attached hydrogens (tertiary/aromatic N) is 3. The Hall–Kier alpha value is -2.61. The zero-order chi connectivity index (χ0) is 12.8. The maximum Gasteiger partial charge on any atom is 0.224 e. The van der Waals surface area contributed by atoms with Gasteiger partial charge in [0.1, 0.15) is 17.5 Å². The standard InChI is InChI=1S/C13H12N4O/c1-18-12-5-3-2-4-10(12)9-16-13-15-7-6-11(8-14)17-13/h2-7H,9H2,1H3,(H,15,16,17). The number of hydrogen-bond acceptors (Lipinski definition) is 5. The van der Waals surface area contributed by atoms with Gasteiger partial charge in [-0.05, 0) is 12.1 Å². The molecule has 1 aromatic heterocycles. The van der Waals surface area contributed by atoms with E-state index in [2.05, 4.69) is 15.3 Å². The zero-order valence-electron chi connectivity index (χ0n) is 9.92. The van der Waals surface area contributed by atoms with Crippen molar-refractivity contribution in [3.05, 3.63) is 47.8 Å². The highest BCUT2D eigenvalue weighted by Gasteiger charge is 2.03. The lowest BCUT2D eigenvalue weighted by Gasteiger charge is -2.09. The molecule has 5 nitrogen and oxygen atoms in total. The molecule has 0 aliphatic rings. The number of hydrogen-bond donors (Lipinski definition) is 1. The first-order chi connectivity index (χ1) is 8.83. The normalized spacial score (nSPS) is 9.56. The minimum absolute atomic E-state index is 0.340. The molecule has 0 saturated heterocycles. The number of nitrogens with one attached hydrogen (secondary N) is 1. The molecule has 0 bridgehead atoms. The Labute approximate surface area is 105 Å². The van der Waals surface area contributed by atoms with Crippen molar-refractivity contribution in [1.82, 2.24) is 9.97 Å². The number of anilines is 1. The van der Waals surface area contributed by atoms with Crippen LogP contribution in [0, 0.1) is 11.3 Å². The van der Waals surface area contributed by atoms with Gasteiger partial charge in [0.2, 0.25) is 5.95 Å². The number of benzene rings is 1. The highest BCUT2D eigenvalue weighted by Crippen LogP contribution is 2.17. The van der Waals surface area contributed by atoms with Crippen LogP contribution in [-0.4, -0.2) is 17.1 Å². The van der Waals surface area contributed by atoms with E-state index in [9.17, 15) is 0 Å². The smallest absolute Gasteiger partial charge is 0.224 e. The molecule has 1 N–H and O–H groups in total. The van der Waals surface area contributed by atoms with E-state index in [-0.39, 0.29) is 0 Å². The minimum Gasteiger partial charge on any atom is -0.496 e. The van der Waals surface area contributed by atoms with Crippen LogP contribution in [0.15, 0.2) is 36.5 Å². The van der Waals surface area contributed by atoms with Gasteiger partial charge in [-0.1, -0.05) is 18.2 Å². The van der Waals surface area contributed by atoms with E-state index < -0.39 is 0 Å². The Bertz CT molecular complexity index is 577. The van der Waals surface area contributed by atoms with Gasteiger partial charge in [-0.25, -0.2) is 9.97 Å². The minimum atomic E-state index is 0.340. The summed E-state index contributed by atoms with van der Waals surface area (Å²) >= 11 is 0. The average Bonchev–Trinajstić information content (AvgIpc) is 2.45. The van der Waals surface area contributed by atoms with Gasteiger partial charge in [0.15, 0.2) is 0 Å². The maximum atomic E-state index is 8.74. The molecule has 2 aromatic rings. The largest absolute Gasteiger partial charge is 0.496 e. The van der Waals surface area contributed by atoms with Crippen molar-refractivity contribution >= 4 is 5.95 Å². The molecular weight excluding hydrogens is 228 g/mol. The van der Waals surface area contributed by atoms with E-state index in [1.807, 2.05) is 30.3 Å². The van der Waals surface area contributed by atoms with Crippen molar-refractivity contribution in [2.75, 3.05) is 12.4 Å². The first-order valence-electron chi connectivity index (χ1n) is 5.42. The predicted octanol–water partition coefficient (Wildman–Crippen LogP) is 1.97. The second-order valence-electron chi connectivity index (χ2n) is 3.54. The monoisotopic (exact) mass is 240 g/mol. The van der Waals surface area contributed by atoms with Gasteiger partial charge in [-0.2, -0.15) is 5.26 Å². The summed E-state index contributed by atoms with van der Waals surface area (Å²) in [5.74, 6) is 1.24. The molecule has 18 heavy (non-hydrogen) atoms. The fourth-order valence-corrected chi connectivity index (χ4v) is 1.53. The Balaban J connectivity index is 2.09. The van der Waals surface area contributed by atoms with Crippen molar-refractivity contribution < 1.29 is 4.74 Å². The Morgan fingerprint density at radius 1 is 1.33 bits per heavy atom. The van der Waals surface area contributed by atoms with Crippen LogP contribution in [0.1, 0.15) is 11.3 Å². The topological polar surface area (TPSA) is 70.8 Å². The molecule has 0 fully saturated rings. The van der Waals surface area contributed by atoms with Crippen LogP contribution in [-0.2, 0) is 6.54 Å². The molecule has 90 valence electrons. The average molecular weight is 240 g/mol. The number of ether oxygens (including phenoxy) is 1. The van der Waals surface area contributed by atoms with Gasteiger partial charge < -0.3 is 10.1 Å². The number of rotatable bonds is 4. The molecule has 0 radical (unpaired) electrons. The van der Waals surface area contributed by atoms with Crippen molar-refractivity contribution in [2.24, 2.45) is 0 Å². The first kappa shape index (κ1) is 11.9. The van der Waals surface area contributed by atoms with E-state index in [4.69, 9.17) is 10.00 Å². The highest BCUT2D eigenvalue weighted by atomic mass is 16.5. The van der Waals surface area contributed by atoms with E-state index in [1.165, 1.54) is 0 Å². The third-order valence-corrected chi connectivity index (χ3v) is 2.40. The molecule has 0 aliphatic heterocycles. The van der Waals surface area contributed by atoms with E-state index in [0.717, 1.165) is 11.3 Å². The maximum absolute atomic E-state index is 8.74. The Morgan fingerprint density at radius 2 is 2.17 bits per heavy atom. The lowest BCUT2D eigenvalue weighted by molar-refractivity contribution is 0.410. The lowest BCUT2D eigenvalue weighted by atomic mass is 10.2. The van der Waals surface area contributed by atoms with Gasteiger partial charge in [0, 0.05) is 18.3 Å². The summed E-state index contributed by atoms with van der Waals surface area (Å²) < 4.78 is 5.25. The molecule has 0 atom stereocenters. The van der Waals surface area contributed by atoms with E-state index >= 15 is 0 Å². The van der Waals surface area contributed by atoms with Gasteiger partial charge in [0.25, 0.3) is 0 Å². The van der Waals surface area contributed by atoms with Gasteiger partial charge >= 0.3 is 0 Å². The molecule has 1 heterocycles. The van der Waals surface area contributed by atoms with E-state index in [1.54, 1.807) is 19.4 Å². The van der Waals surface area contributed by atoms with Crippen LogP contribution in [0.5, 0.6) is 5.75 Å². The molecule has 2 rings (SSSR count). The summed E-state index contributed by atoms with van der Waals surface area (Å²) in [6.45, 7) is 0.541. The van der Waals surface area contributed by atoms with Gasteiger partial charge in [0.05, 0.1) is 7.11 Å². The number of para-hydroxylation sites is 1. The second-order valence-corrected chi connectivity index (χ2v) is 3.54. The molecule has 5 heteroatoms. The molecule has 0 spiro atoms. The van der Waals surface area contributed by atoms with Crippen LogP contribution in [0.2, 0.25) is 0 Å². The van der Waals surface area contributed by atoms with Crippen LogP contribution in [0.4, 0.5) is 5.95 Å². The van der Waals surface area contributed by atoms with Crippen molar-refractivity contribution in [3.63, 3.8) is 0 Å². The fourth-order valence-electron chi connectivity index (χ4n) is 1.53. The SMILES string of the molecule is COc1ccccc1CNc1nccc(C#N)n1. The summed E-state index contributed by atoms with van der Waals surface area (Å²) in [4.78, 5) is 8.08. The van der Waals surface area contributed by atoms with Crippen molar-refractivity contribution in [3.8, 4) is 11.8 Å². The van der Waals surface area contributed by atoms with Crippen molar-refractivity contribution in [1.29, 1.82) is 5.26 Å². The summed E-state index contributed by atoms with van der Waals surface area (Å²) in [5.41, 5.74) is 1.35. The zero-order valence-corrected chi connectivity index (χ0v) is 9.92. The third-order valence-electron chi connectivity index (χ3n) is 2.40. The van der Waals surface area contributed by atoms with Crippen LogP contribution >= 0.6 is 0 Å². The Morgan fingerprint density at radius 3 is 2.94 bits per heavy atom. The summed E-state index contributed by atoms with van der Waals surface area (Å²) in [5, 5.41) is 11.8. The molecule has 0 amide bonds. The molecule has 0 unspecified atom stereocenters. The van der Waals surface area contributed by atoms with Crippen LogP contribution in [0.25, 0.3) is 0 Å². The molecule has 0 aliphatic carbocycles. The Kier molecular flexibility index (Phi) is 3.72. The van der Waals surface area contributed by atoms with E-state index in [0.29, 0.717) is 18.2 Å². The molecular formula is C13H12N4O. The molecule has 0 saturated carbocycles. The predicted molar refractivity (Wildman–Crippen MR) is 67.1 cm³/mol. The highest BCUT2D eigenvalue weighted by molar-refractivity contribution is 5.37. The summed E-state index contributed by atoms with van der Waals surface area (Å²) in [6.07, 6.45) is 1.55. The van der Waals surface area contributed by atoms with Crippen LogP contribution < -0.4 is 10.1 Å². The first-order valence-corrected chi connectivity index (χ1v) is 5.42. The lowest BCUT2D eigenvalue weighted by Crippen LogP contribution is -2.05. The van der Waals surface area contributed by atoms with Crippen LogP contribution in [0.3, 0.4) is 0 Å². The summed E-state index contributed by atoms with van der Waals surface area (Å²) in [7, 11) is 1.63. The number of nitriles is 1.